The van der Waals surface area contributed by atoms with Crippen molar-refractivity contribution in [1.29, 1.82) is 0 Å². The van der Waals surface area contributed by atoms with Crippen LogP contribution in [0.5, 0.6) is 0 Å². The second-order valence-corrected chi connectivity index (χ2v) is 5.27. The summed E-state index contributed by atoms with van der Waals surface area (Å²) in [4.78, 5) is 11.0. The lowest BCUT2D eigenvalue weighted by atomic mass is 10.00. The van der Waals surface area contributed by atoms with Gasteiger partial charge in [-0.1, -0.05) is 37.3 Å². The second-order valence-electron chi connectivity index (χ2n) is 5.27. The number of aliphatic hydroxyl groups is 5. The molecule has 1 aromatic rings. The summed E-state index contributed by atoms with van der Waals surface area (Å²) in [5, 5.41) is 44.7. The first-order chi connectivity index (χ1) is 10.9. The minimum Gasteiger partial charge on any atom is -0.394 e. The van der Waals surface area contributed by atoms with E-state index in [1.165, 1.54) is 0 Å². The molecule has 2 rings (SSSR count). The summed E-state index contributed by atoms with van der Waals surface area (Å²) in [5.74, 6) is 0.302. The zero-order valence-electron chi connectivity index (χ0n) is 12.9. The Kier molecular flexibility index (Phi) is 8.32. The van der Waals surface area contributed by atoms with Gasteiger partial charge in [0.25, 0.3) is 0 Å². The van der Waals surface area contributed by atoms with Crippen LogP contribution >= 0.6 is 0 Å². The molecule has 0 aliphatic carbocycles. The molecule has 5 N–H and O–H groups in total. The van der Waals surface area contributed by atoms with Crippen molar-refractivity contribution in [1.82, 2.24) is 0 Å². The number of hydrogen-bond acceptors (Lipinski definition) is 7. The topological polar surface area (TPSA) is 127 Å². The molecule has 1 heterocycles. The van der Waals surface area contributed by atoms with E-state index in [4.69, 9.17) is 25.5 Å². The molecule has 130 valence electrons. The molecule has 1 fully saturated rings. The van der Waals surface area contributed by atoms with Gasteiger partial charge in [0.15, 0.2) is 6.29 Å². The van der Waals surface area contributed by atoms with E-state index in [1.807, 2.05) is 37.3 Å². The van der Waals surface area contributed by atoms with Crippen molar-refractivity contribution in [2.24, 2.45) is 0 Å². The van der Waals surface area contributed by atoms with Crippen molar-refractivity contribution < 1.29 is 35.1 Å². The summed E-state index contributed by atoms with van der Waals surface area (Å²) in [7, 11) is 0. The molecule has 5 atom stereocenters. The van der Waals surface area contributed by atoms with E-state index in [2.05, 4.69) is 4.74 Å². The normalized spacial score (nSPS) is 30.3. The fourth-order valence-electron chi connectivity index (χ4n) is 2.03. The van der Waals surface area contributed by atoms with Crippen LogP contribution in [0.1, 0.15) is 18.9 Å². The lowest BCUT2D eigenvalue weighted by Crippen LogP contribution is -2.58. The summed E-state index contributed by atoms with van der Waals surface area (Å²) in [5.41, 5.74) is 1.11. The van der Waals surface area contributed by atoms with Crippen molar-refractivity contribution >= 4 is 5.78 Å². The van der Waals surface area contributed by atoms with Gasteiger partial charge in [-0.2, -0.15) is 0 Å². The van der Waals surface area contributed by atoms with Gasteiger partial charge in [0.05, 0.1) is 6.61 Å². The number of rotatable bonds is 4. The van der Waals surface area contributed by atoms with E-state index in [0.29, 0.717) is 18.6 Å². The predicted molar refractivity (Wildman–Crippen MR) is 81.4 cm³/mol. The Morgan fingerprint density at radius 1 is 1.04 bits per heavy atom. The zero-order chi connectivity index (χ0) is 17.4. The Balaban J connectivity index is 0.000000231. The molecule has 7 heteroatoms. The number of ether oxygens (including phenoxy) is 1. The number of Topliss-reactive ketones (excluding diaryl/α,β-unsaturated/α-hetero) is 1. The summed E-state index contributed by atoms with van der Waals surface area (Å²) >= 11 is 0. The highest BCUT2D eigenvalue weighted by Crippen LogP contribution is 2.18. The van der Waals surface area contributed by atoms with Crippen LogP contribution in [0.3, 0.4) is 0 Å². The molecular formula is C16H24O7. The van der Waals surface area contributed by atoms with Crippen LogP contribution < -0.4 is 0 Å². The van der Waals surface area contributed by atoms with Crippen LogP contribution in [0.25, 0.3) is 0 Å². The van der Waals surface area contributed by atoms with E-state index in [0.717, 1.165) is 5.56 Å². The monoisotopic (exact) mass is 328 g/mol. The number of carbonyl (C=O) groups excluding carboxylic acids is 1. The molecule has 1 saturated heterocycles. The standard InChI is InChI=1S/C10H12O.C6H12O6/c1-2-10(11)8-9-6-4-3-5-7-9;7-1-2-3(8)4(9)5(10)6(11)12-2/h3-7H,2,8H2,1H3;2-11H,1H2/t;2-,3-,4+,5-,6?/m.1/s1. The summed E-state index contributed by atoms with van der Waals surface area (Å²) in [6, 6.07) is 9.83. The average Bonchev–Trinajstić information content (AvgIpc) is 2.57. The van der Waals surface area contributed by atoms with Crippen molar-refractivity contribution in [2.45, 2.75) is 50.5 Å². The maximum Gasteiger partial charge on any atom is 0.184 e. The van der Waals surface area contributed by atoms with Crippen LogP contribution in [-0.2, 0) is 16.0 Å². The lowest BCUT2D eigenvalue weighted by molar-refractivity contribution is -0.286. The SMILES string of the molecule is CCC(=O)Cc1ccccc1.OC[C@H]1OC(O)[C@H](O)[C@@H](O)[C@@H]1O. The van der Waals surface area contributed by atoms with Crippen molar-refractivity contribution in [3.05, 3.63) is 35.9 Å². The van der Waals surface area contributed by atoms with Gasteiger partial charge in [-0.3, -0.25) is 4.79 Å². The molecule has 0 saturated carbocycles. The zero-order valence-corrected chi connectivity index (χ0v) is 12.9. The molecule has 0 bridgehead atoms. The van der Waals surface area contributed by atoms with E-state index >= 15 is 0 Å². The highest BCUT2D eigenvalue weighted by atomic mass is 16.6. The van der Waals surface area contributed by atoms with Crippen LogP contribution in [0.2, 0.25) is 0 Å². The lowest BCUT2D eigenvalue weighted by Gasteiger charge is -2.37. The Morgan fingerprint density at radius 3 is 2.17 bits per heavy atom. The van der Waals surface area contributed by atoms with Crippen molar-refractivity contribution in [3.63, 3.8) is 0 Å². The summed E-state index contributed by atoms with van der Waals surface area (Å²) < 4.78 is 4.58. The highest BCUT2D eigenvalue weighted by Gasteiger charge is 2.42. The van der Waals surface area contributed by atoms with E-state index in [1.54, 1.807) is 0 Å². The quantitative estimate of drug-likeness (QED) is 0.479. The molecule has 0 spiro atoms. The minimum absolute atomic E-state index is 0.302. The molecule has 1 unspecified atom stereocenters. The van der Waals surface area contributed by atoms with Crippen LogP contribution in [0.4, 0.5) is 0 Å². The third-order valence-electron chi connectivity index (χ3n) is 3.51. The van der Waals surface area contributed by atoms with Gasteiger partial charge in [0, 0.05) is 12.8 Å². The molecular weight excluding hydrogens is 304 g/mol. The third kappa shape index (κ3) is 5.98. The molecule has 0 aromatic heterocycles. The first-order valence-electron chi connectivity index (χ1n) is 7.44. The van der Waals surface area contributed by atoms with Crippen LogP contribution in [0.15, 0.2) is 30.3 Å². The average molecular weight is 328 g/mol. The van der Waals surface area contributed by atoms with Crippen LogP contribution in [0, 0.1) is 0 Å². The summed E-state index contributed by atoms with van der Waals surface area (Å²) in [6.07, 6.45) is -5.83. The van der Waals surface area contributed by atoms with Gasteiger partial charge in [-0.15, -0.1) is 0 Å². The van der Waals surface area contributed by atoms with E-state index < -0.39 is 37.3 Å². The van der Waals surface area contributed by atoms with Gasteiger partial charge in [-0.25, -0.2) is 0 Å². The Labute approximate surface area is 134 Å². The highest BCUT2D eigenvalue weighted by molar-refractivity contribution is 5.80. The van der Waals surface area contributed by atoms with E-state index in [-0.39, 0.29) is 0 Å². The minimum atomic E-state index is -1.57. The third-order valence-corrected chi connectivity index (χ3v) is 3.51. The maximum atomic E-state index is 11.0. The fraction of sp³-hybridized carbons (Fsp3) is 0.562. The molecule has 1 aliphatic heterocycles. The Hall–Kier alpha value is -1.35. The Bertz CT molecular complexity index is 460. The predicted octanol–water partition coefficient (Wildman–Crippen LogP) is -1.01. The first kappa shape index (κ1) is 19.7. The van der Waals surface area contributed by atoms with Gasteiger partial charge in [0.1, 0.15) is 30.2 Å². The molecule has 0 radical (unpaired) electrons. The largest absolute Gasteiger partial charge is 0.394 e. The van der Waals surface area contributed by atoms with Gasteiger partial charge in [0.2, 0.25) is 0 Å². The molecule has 23 heavy (non-hydrogen) atoms. The van der Waals surface area contributed by atoms with Gasteiger partial charge >= 0.3 is 0 Å². The molecule has 1 aliphatic rings. The van der Waals surface area contributed by atoms with E-state index in [9.17, 15) is 4.79 Å². The number of hydrogen-bond donors (Lipinski definition) is 5. The Morgan fingerprint density at radius 2 is 1.65 bits per heavy atom. The number of ketones is 1. The summed E-state index contributed by atoms with van der Waals surface area (Å²) in [6.45, 7) is 1.37. The number of carbonyl (C=O) groups is 1. The molecule has 1 aromatic carbocycles. The van der Waals surface area contributed by atoms with Gasteiger partial charge < -0.3 is 30.3 Å². The number of aliphatic hydroxyl groups excluding tert-OH is 5. The second kappa shape index (κ2) is 9.71. The molecule has 7 nitrogen and oxygen atoms in total. The van der Waals surface area contributed by atoms with Crippen molar-refractivity contribution in [3.8, 4) is 0 Å². The maximum absolute atomic E-state index is 11.0. The van der Waals surface area contributed by atoms with Crippen molar-refractivity contribution in [2.75, 3.05) is 6.61 Å². The molecule has 0 amide bonds. The number of benzene rings is 1. The van der Waals surface area contributed by atoms with Crippen LogP contribution in [-0.4, -0.2) is 68.6 Å². The van der Waals surface area contributed by atoms with Gasteiger partial charge in [-0.05, 0) is 5.56 Å². The smallest absolute Gasteiger partial charge is 0.184 e. The fourth-order valence-corrected chi connectivity index (χ4v) is 2.03. The first-order valence-corrected chi connectivity index (χ1v) is 7.44.